The first-order valence-corrected chi connectivity index (χ1v) is 8.21. The van der Waals surface area contributed by atoms with Gasteiger partial charge in [0, 0.05) is 19.8 Å². The summed E-state index contributed by atoms with van der Waals surface area (Å²) in [6.07, 6.45) is 6.24. The van der Waals surface area contributed by atoms with E-state index in [4.69, 9.17) is 4.74 Å². The van der Waals surface area contributed by atoms with E-state index in [0.29, 0.717) is 6.54 Å². The van der Waals surface area contributed by atoms with Gasteiger partial charge in [0.2, 0.25) is 5.91 Å². The first-order valence-electron chi connectivity index (χ1n) is 8.21. The van der Waals surface area contributed by atoms with E-state index in [1.54, 1.807) is 0 Å². The van der Waals surface area contributed by atoms with Crippen molar-refractivity contribution in [3.8, 4) is 0 Å². The third-order valence-corrected chi connectivity index (χ3v) is 4.36. The van der Waals surface area contributed by atoms with Crippen LogP contribution in [-0.2, 0) is 14.9 Å². The standard InChI is InChI=1S/C18H27NO2/c1-2-3-14-21-15-8-13-19-17(20)18(11-7-12-18)16-9-5-4-6-10-16/h4-6,9-10H,2-3,7-8,11-15H2,1H3,(H,19,20). The Labute approximate surface area is 128 Å². The number of ether oxygens (including phenoxy) is 1. The molecule has 1 fully saturated rings. The molecule has 0 unspecified atom stereocenters. The molecule has 1 amide bonds. The molecule has 0 bridgehead atoms. The second-order valence-corrected chi connectivity index (χ2v) is 5.88. The molecule has 1 aromatic rings. The van der Waals surface area contributed by atoms with E-state index in [0.717, 1.165) is 57.3 Å². The Bertz CT molecular complexity index is 426. The molecule has 3 heteroatoms. The van der Waals surface area contributed by atoms with Crippen molar-refractivity contribution in [2.75, 3.05) is 19.8 Å². The summed E-state index contributed by atoms with van der Waals surface area (Å²) in [5, 5.41) is 3.10. The predicted octanol–water partition coefficient (Wildman–Crippen LogP) is 3.43. The molecule has 116 valence electrons. The summed E-state index contributed by atoms with van der Waals surface area (Å²) in [6.45, 7) is 4.43. The van der Waals surface area contributed by atoms with E-state index in [9.17, 15) is 4.79 Å². The molecule has 0 aliphatic heterocycles. The van der Waals surface area contributed by atoms with Gasteiger partial charge in [-0.05, 0) is 31.2 Å². The molecule has 0 atom stereocenters. The molecule has 0 saturated heterocycles. The van der Waals surface area contributed by atoms with E-state index in [1.807, 2.05) is 18.2 Å². The fourth-order valence-corrected chi connectivity index (χ4v) is 2.83. The van der Waals surface area contributed by atoms with E-state index in [2.05, 4.69) is 24.4 Å². The average molecular weight is 289 g/mol. The lowest BCUT2D eigenvalue weighted by Gasteiger charge is -2.40. The molecule has 1 aliphatic rings. The summed E-state index contributed by atoms with van der Waals surface area (Å²) in [6, 6.07) is 10.2. The van der Waals surface area contributed by atoms with Gasteiger partial charge in [-0.3, -0.25) is 4.79 Å². The molecule has 0 aromatic heterocycles. The van der Waals surface area contributed by atoms with Crippen LogP contribution in [0.3, 0.4) is 0 Å². The zero-order chi connectivity index (χ0) is 15.0. The zero-order valence-electron chi connectivity index (χ0n) is 13.1. The first kappa shape index (κ1) is 16.0. The lowest BCUT2D eigenvalue weighted by molar-refractivity contribution is -0.129. The average Bonchev–Trinajstić information content (AvgIpc) is 2.46. The Hall–Kier alpha value is -1.35. The van der Waals surface area contributed by atoms with E-state index >= 15 is 0 Å². The maximum absolute atomic E-state index is 12.5. The minimum absolute atomic E-state index is 0.188. The smallest absolute Gasteiger partial charge is 0.230 e. The summed E-state index contributed by atoms with van der Waals surface area (Å²) >= 11 is 0. The molecule has 2 rings (SSSR count). The minimum atomic E-state index is -0.273. The van der Waals surface area contributed by atoms with Crippen molar-refractivity contribution in [3.05, 3.63) is 35.9 Å². The lowest BCUT2D eigenvalue weighted by atomic mass is 9.64. The third-order valence-electron chi connectivity index (χ3n) is 4.36. The zero-order valence-corrected chi connectivity index (χ0v) is 13.1. The Morgan fingerprint density at radius 3 is 2.52 bits per heavy atom. The fraction of sp³-hybridized carbons (Fsp3) is 0.611. The van der Waals surface area contributed by atoms with Crippen LogP contribution in [-0.4, -0.2) is 25.7 Å². The Morgan fingerprint density at radius 2 is 1.90 bits per heavy atom. The SMILES string of the molecule is CCCCOCCCNC(=O)C1(c2ccccc2)CCC1. The molecular weight excluding hydrogens is 262 g/mol. The summed E-state index contributed by atoms with van der Waals surface area (Å²) < 4.78 is 5.52. The largest absolute Gasteiger partial charge is 0.381 e. The van der Waals surface area contributed by atoms with Crippen LogP contribution in [0.1, 0.15) is 51.0 Å². The van der Waals surface area contributed by atoms with Gasteiger partial charge in [0.1, 0.15) is 0 Å². The Kier molecular flexibility index (Phi) is 6.24. The van der Waals surface area contributed by atoms with Crippen LogP contribution < -0.4 is 5.32 Å². The van der Waals surface area contributed by atoms with Crippen LogP contribution in [0.5, 0.6) is 0 Å². The maximum atomic E-state index is 12.5. The van der Waals surface area contributed by atoms with E-state index < -0.39 is 0 Å². The molecule has 3 nitrogen and oxygen atoms in total. The summed E-state index contributed by atoms with van der Waals surface area (Å²) in [4.78, 5) is 12.5. The lowest BCUT2D eigenvalue weighted by Crippen LogP contribution is -2.49. The highest BCUT2D eigenvalue weighted by Gasteiger charge is 2.45. The van der Waals surface area contributed by atoms with Crippen molar-refractivity contribution in [2.45, 2.75) is 50.9 Å². The number of hydrogen-bond acceptors (Lipinski definition) is 2. The highest BCUT2D eigenvalue weighted by Crippen LogP contribution is 2.43. The molecule has 1 N–H and O–H groups in total. The van der Waals surface area contributed by atoms with Gasteiger partial charge in [0.25, 0.3) is 0 Å². The highest BCUT2D eigenvalue weighted by atomic mass is 16.5. The van der Waals surface area contributed by atoms with Gasteiger partial charge in [0.05, 0.1) is 5.41 Å². The van der Waals surface area contributed by atoms with Gasteiger partial charge in [0.15, 0.2) is 0 Å². The molecule has 1 aliphatic carbocycles. The van der Waals surface area contributed by atoms with Crippen molar-refractivity contribution < 1.29 is 9.53 Å². The molecule has 0 spiro atoms. The predicted molar refractivity (Wildman–Crippen MR) is 85.3 cm³/mol. The van der Waals surface area contributed by atoms with Gasteiger partial charge >= 0.3 is 0 Å². The van der Waals surface area contributed by atoms with Crippen molar-refractivity contribution >= 4 is 5.91 Å². The number of benzene rings is 1. The molecule has 0 heterocycles. The monoisotopic (exact) mass is 289 g/mol. The molecule has 1 saturated carbocycles. The number of unbranched alkanes of at least 4 members (excludes halogenated alkanes) is 1. The van der Waals surface area contributed by atoms with Crippen molar-refractivity contribution in [3.63, 3.8) is 0 Å². The van der Waals surface area contributed by atoms with Gasteiger partial charge in [-0.2, -0.15) is 0 Å². The van der Waals surface area contributed by atoms with Crippen LogP contribution >= 0.6 is 0 Å². The van der Waals surface area contributed by atoms with Crippen molar-refractivity contribution in [2.24, 2.45) is 0 Å². The summed E-state index contributed by atoms with van der Waals surface area (Å²) in [5.41, 5.74) is 0.887. The number of hydrogen-bond donors (Lipinski definition) is 1. The van der Waals surface area contributed by atoms with Gasteiger partial charge in [-0.1, -0.05) is 50.1 Å². The van der Waals surface area contributed by atoms with Crippen molar-refractivity contribution in [1.29, 1.82) is 0 Å². The molecule has 0 radical (unpaired) electrons. The van der Waals surface area contributed by atoms with Gasteiger partial charge < -0.3 is 10.1 Å². The second kappa shape index (κ2) is 8.18. The highest BCUT2D eigenvalue weighted by molar-refractivity contribution is 5.89. The van der Waals surface area contributed by atoms with Crippen LogP contribution in [0, 0.1) is 0 Å². The van der Waals surface area contributed by atoms with E-state index in [1.165, 1.54) is 0 Å². The number of rotatable bonds is 9. The Morgan fingerprint density at radius 1 is 1.19 bits per heavy atom. The van der Waals surface area contributed by atoms with Crippen LogP contribution in [0.15, 0.2) is 30.3 Å². The summed E-state index contributed by atoms with van der Waals surface area (Å²) in [5.74, 6) is 0.188. The number of carbonyl (C=O) groups is 1. The second-order valence-electron chi connectivity index (χ2n) is 5.88. The van der Waals surface area contributed by atoms with Crippen LogP contribution in [0.25, 0.3) is 0 Å². The van der Waals surface area contributed by atoms with Gasteiger partial charge in [-0.25, -0.2) is 0 Å². The molecule has 1 aromatic carbocycles. The fourth-order valence-electron chi connectivity index (χ4n) is 2.83. The normalized spacial score (nSPS) is 16.2. The molecular formula is C18H27NO2. The van der Waals surface area contributed by atoms with Crippen LogP contribution in [0.2, 0.25) is 0 Å². The number of carbonyl (C=O) groups excluding carboxylic acids is 1. The summed E-state index contributed by atoms with van der Waals surface area (Å²) in [7, 11) is 0. The third kappa shape index (κ3) is 4.07. The first-order chi connectivity index (χ1) is 10.3. The number of amides is 1. The van der Waals surface area contributed by atoms with Gasteiger partial charge in [-0.15, -0.1) is 0 Å². The topological polar surface area (TPSA) is 38.3 Å². The molecule has 21 heavy (non-hydrogen) atoms. The minimum Gasteiger partial charge on any atom is -0.381 e. The van der Waals surface area contributed by atoms with Crippen molar-refractivity contribution in [1.82, 2.24) is 5.32 Å². The number of nitrogens with one attached hydrogen (secondary N) is 1. The van der Waals surface area contributed by atoms with Crippen LogP contribution in [0.4, 0.5) is 0 Å². The quantitative estimate of drug-likeness (QED) is 0.707. The maximum Gasteiger partial charge on any atom is 0.230 e. The Balaban J connectivity index is 1.74. The van der Waals surface area contributed by atoms with E-state index in [-0.39, 0.29) is 11.3 Å².